The molecule has 0 fully saturated rings. The fourth-order valence-corrected chi connectivity index (χ4v) is 1.78. The molecule has 2 rings (SSSR count). The van der Waals surface area contributed by atoms with Gasteiger partial charge in [-0.3, -0.25) is 4.79 Å². The van der Waals surface area contributed by atoms with Gasteiger partial charge in [-0.1, -0.05) is 11.6 Å². The minimum atomic E-state index is -1.15. The molecule has 0 aliphatic carbocycles. The van der Waals surface area contributed by atoms with Gasteiger partial charge in [0.05, 0.1) is 16.3 Å². The third-order valence-corrected chi connectivity index (χ3v) is 3.03. The number of benzene rings is 2. The topological polar surface area (TPSA) is 107 Å². The molecule has 0 saturated carbocycles. The molecule has 0 aromatic heterocycles. The number of amides is 1. The molecule has 0 saturated heterocycles. The molecule has 0 radical (unpaired) electrons. The molecule has 21 heavy (non-hydrogen) atoms. The maximum atomic E-state index is 12.0. The Labute approximate surface area is 124 Å². The van der Waals surface area contributed by atoms with E-state index in [2.05, 4.69) is 5.32 Å². The number of rotatable bonds is 3. The molecule has 2 aromatic rings. The van der Waals surface area contributed by atoms with Crippen molar-refractivity contribution in [3.63, 3.8) is 0 Å². The van der Waals surface area contributed by atoms with Crippen LogP contribution in [-0.4, -0.2) is 27.2 Å². The SMILES string of the molecule is O=C(O)c1ccc(Cl)c(NC(=O)c2ccc(O)c(O)c2)c1. The van der Waals surface area contributed by atoms with E-state index in [1.165, 1.54) is 30.3 Å². The van der Waals surface area contributed by atoms with E-state index in [1.54, 1.807) is 0 Å². The molecule has 2 aromatic carbocycles. The maximum absolute atomic E-state index is 12.0. The number of nitrogens with one attached hydrogen (secondary N) is 1. The molecule has 0 spiro atoms. The quantitative estimate of drug-likeness (QED) is 0.652. The van der Waals surface area contributed by atoms with Crippen molar-refractivity contribution in [3.8, 4) is 11.5 Å². The van der Waals surface area contributed by atoms with Crippen LogP contribution < -0.4 is 5.32 Å². The zero-order valence-electron chi connectivity index (χ0n) is 10.5. The Morgan fingerprint density at radius 1 is 0.952 bits per heavy atom. The number of hydrogen-bond acceptors (Lipinski definition) is 4. The van der Waals surface area contributed by atoms with Crippen LogP contribution in [0.2, 0.25) is 5.02 Å². The van der Waals surface area contributed by atoms with Gasteiger partial charge in [0.2, 0.25) is 0 Å². The van der Waals surface area contributed by atoms with Gasteiger partial charge in [-0.15, -0.1) is 0 Å². The Hall–Kier alpha value is -2.73. The van der Waals surface area contributed by atoms with Crippen molar-refractivity contribution in [2.75, 3.05) is 5.32 Å². The second-order valence-corrected chi connectivity index (χ2v) is 4.56. The number of hydrogen-bond donors (Lipinski definition) is 4. The van der Waals surface area contributed by atoms with Crippen LogP contribution in [0.1, 0.15) is 20.7 Å². The van der Waals surface area contributed by atoms with Gasteiger partial charge in [0.15, 0.2) is 11.5 Å². The fraction of sp³-hybridized carbons (Fsp3) is 0. The van der Waals surface area contributed by atoms with Crippen molar-refractivity contribution in [2.24, 2.45) is 0 Å². The van der Waals surface area contributed by atoms with E-state index in [0.29, 0.717) is 0 Å². The van der Waals surface area contributed by atoms with Crippen molar-refractivity contribution < 1.29 is 24.9 Å². The summed E-state index contributed by atoms with van der Waals surface area (Å²) in [5.74, 6) is -2.54. The minimum Gasteiger partial charge on any atom is -0.504 e. The van der Waals surface area contributed by atoms with Crippen molar-refractivity contribution in [3.05, 3.63) is 52.5 Å². The third-order valence-electron chi connectivity index (χ3n) is 2.70. The number of phenolic OH excluding ortho intramolecular Hbond substituents is 2. The smallest absolute Gasteiger partial charge is 0.335 e. The van der Waals surface area contributed by atoms with Gasteiger partial charge < -0.3 is 20.6 Å². The van der Waals surface area contributed by atoms with Crippen LogP contribution in [0.3, 0.4) is 0 Å². The molecule has 0 atom stereocenters. The first kappa shape index (κ1) is 14.7. The van der Waals surface area contributed by atoms with Gasteiger partial charge in [-0.05, 0) is 36.4 Å². The van der Waals surface area contributed by atoms with Gasteiger partial charge in [-0.25, -0.2) is 4.79 Å². The summed E-state index contributed by atoms with van der Waals surface area (Å²) >= 11 is 5.89. The minimum absolute atomic E-state index is 0.0248. The van der Waals surface area contributed by atoms with Gasteiger partial charge in [-0.2, -0.15) is 0 Å². The van der Waals surface area contributed by atoms with Crippen molar-refractivity contribution in [2.45, 2.75) is 0 Å². The number of halogens is 1. The highest BCUT2D eigenvalue weighted by atomic mass is 35.5. The van der Waals surface area contributed by atoms with Crippen LogP contribution in [0.4, 0.5) is 5.69 Å². The molecule has 0 aliphatic rings. The van der Waals surface area contributed by atoms with Crippen molar-refractivity contribution >= 4 is 29.2 Å². The number of aromatic hydroxyl groups is 2. The normalized spacial score (nSPS) is 10.1. The molecule has 0 unspecified atom stereocenters. The number of anilines is 1. The van der Waals surface area contributed by atoms with Crippen LogP contribution in [-0.2, 0) is 0 Å². The first-order valence-electron chi connectivity index (χ1n) is 5.74. The maximum Gasteiger partial charge on any atom is 0.335 e. The summed E-state index contributed by atoms with van der Waals surface area (Å²) in [4.78, 5) is 22.9. The molecular formula is C14H10ClNO5. The highest BCUT2D eigenvalue weighted by molar-refractivity contribution is 6.34. The van der Waals surface area contributed by atoms with Gasteiger partial charge in [0, 0.05) is 5.56 Å². The first-order valence-corrected chi connectivity index (χ1v) is 6.12. The lowest BCUT2D eigenvalue weighted by atomic mass is 10.1. The molecule has 1 amide bonds. The number of carboxylic acid groups (broad SMARTS) is 1. The Bertz CT molecular complexity index is 729. The Kier molecular flexibility index (Phi) is 4.00. The van der Waals surface area contributed by atoms with E-state index in [0.717, 1.165) is 6.07 Å². The predicted molar refractivity (Wildman–Crippen MR) is 76.1 cm³/mol. The molecule has 7 heteroatoms. The molecule has 4 N–H and O–H groups in total. The van der Waals surface area contributed by atoms with E-state index >= 15 is 0 Å². The molecular weight excluding hydrogens is 298 g/mol. The summed E-state index contributed by atoms with van der Waals surface area (Å²) in [7, 11) is 0. The van der Waals surface area contributed by atoms with E-state index in [-0.39, 0.29) is 27.6 Å². The Morgan fingerprint density at radius 3 is 2.24 bits per heavy atom. The van der Waals surface area contributed by atoms with E-state index in [9.17, 15) is 19.8 Å². The monoisotopic (exact) mass is 307 g/mol. The summed E-state index contributed by atoms with van der Waals surface area (Å²) in [6.07, 6.45) is 0. The standard InChI is InChI=1S/C14H10ClNO5/c15-9-3-1-8(14(20)21)5-10(9)16-13(19)7-2-4-11(17)12(18)6-7/h1-6,17-18H,(H,16,19)(H,20,21). The summed E-state index contributed by atoms with van der Waals surface area (Å²) in [6.45, 7) is 0. The number of carbonyl (C=O) groups is 2. The molecule has 0 bridgehead atoms. The lowest BCUT2D eigenvalue weighted by molar-refractivity contribution is 0.0696. The number of phenols is 2. The lowest BCUT2D eigenvalue weighted by Gasteiger charge is -2.09. The molecule has 0 heterocycles. The van der Waals surface area contributed by atoms with Crippen LogP contribution >= 0.6 is 11.6 Å². The summed E-state index contributed by atoms with van der Waals surface area (Å²) in [5, 5.41) is 30.1. The predicted octanol–water partition coefficient (Wildman–Crippen LogP) is 2.70. The Morgan fingerprint density at radius 2 is 1.62 bits per heavy atom. The van der Waals surface area contributed by atoms with Crippen LogP contribution in [0.5, 0.6) is 11.5 Å². The summed E-state index contributed by atoms with van der Waals surface area (Å²) < 4.78 is 0. The second-order valence-electron chi connectivity index (χ2n) is 4.16. The van der Waals surface area contributed by atoms with E-state index in [1.807, 2.05) is 0 Å². The van der Waals surface area contributed by atoms with Gasteiger partial charge in [0.25, 0.3) is 5.91 Å². The molecule has 0 aliphatic heterocycles. The highest BCUT2D eigenvalue weighted by Crippen LogP contribution is 2.27. The van der Waals surface area contributed by atoms with Gasteiger partial charge in [0.1, 0.15) is 0 Å². The highest BCUT2D eigenvalue weighted by Gasteiger charge is 2.13. The largest absolute Gasteiger partial charge is 0.504 e. The van der Waals surface area contributed by atoms with E-state index in [4.69, 9.17) is 16.7 Å². The summed E-state index contributed by atoms with van der Waals surface area (Å²) in [5.41, 5.74) is 0.194. The summed E-state index contributed by atoms with van der Waals surface area (Å²) in [6, 6.07) is 7.45. The van der Waals surface area contributed by atoms with Crippen LogP contribution in [0.25, 0.3) is 0 Å². The third kappa shape index (κ3) is 3.24. The second kappa shape index (κ2) is 5.72. The average molecular weight is 308 g/mol. The molecule has 6 nitrogen and oxygen atoms in total. The Balaban J connectivity index is 2.28. The van der Waals surface area contributed by atoms with Crippen LogP contribution in [0.15, 0.2) is 36.4 Å². The number of aromatic carboxylic acids is 1. The zero-order valence-corrected chi connectivity index (χ0v) is 11.3. The first-order chi connectivity index (χ1) is 9.88. The van der Waals surface area contributed by atoms with Crippen molar-refractivity contribution in [1.29, 1.82) is 0 Å². The average Bonchev–Trinajstić information content (AvgIpc) is 2.43. The lowest BCUT2D eigenvalue weighted by Crippen LogP contribution is -2.12. The van der Waals surface area contributed by atoms with E-state index < -0.39 is 17.6 Å². The number of carboxylic acids is 1. The van der Waals surface area contributed by atoms with Crippen LogP contribution in [0, 0.1) is 0 Å². The molecule has 108 valence electrons. The fourth-order valence-electron chi connectivity index (χ4n) is 1.61. The number of carbonyl (C=O) groups excluding carboxylic acids is 1. The zero-order chi connectivity index (χ0) is 15.6. The van der Waals surface area contributed by atoms with Gasteiger partial charge >= 0.3 is 5.97 Å². The van der Waals surface area contributed by atoms with Crippen molar-refractivity contribution in [1.82, 2.24) is 0 Å².